The Balaban J connectivity index is 5.59. The quantitative estimate of drug-likeness (QED) is 0.622. The summed E-state index contributed by atoms with van der Waals surface area (Å²) in [5.41, 5.74) is -3.69. The van der Waals surface area contributed by atoms with Crippen molar-refractivity contribution in [2.24, 2.45) is 0 Å². The first-order valence-electron chi connectivity index (χ1n) is 5.28. The Morgan fingerprint density at radius 1 is 1.56 bits per heavy atom. The van der Waals surface area contributed by atoms with E-state index in [1.807, 2.05) is 0 Å². The molecule has 1 N–H and O–H groups in total. The molecule has 4 heteroatoms. The first kappa shape index (κ1) is 2.88. The molecule has 0 fully saturated rings. The van der Waals surface area contributed by atoms with E-state index in [4.69, 9.17) is 12.8 Å². The van der Waals surface area contributed by atoms with Crippen molar-refractivity contribution in [3.63, 3.8) is 0 Å². The van der Waals surface area contributed by atoms with Crippen molar-refractivity contribution in [1.29, 1.82) is 0 Å². The van der Waals surface area contributed by atoms with Crippen molar-refractivity contribution >= 4 is 10.1 Å². The Morgan fingerprint density at radius 3 is 2.44 bits per heavy atom. The third kappa shape index (κ3) is 7.91. The molecule has 0 spiro atoms. The smallest absolute Gasteiger partial charge is 0.264 e. The zero-order valence-corrected chi connectivity index (χ0v) is 5.70. The summed E-state index contributed by atoms with van der Waals surface area (Å²) in [6.07, 6.45) is -6.47. The highest BCUT2D eigenvalue weighted by atomic mass is 32.2. The van der Waals surface area contributed by atoms with Gasteiger partial charge in [0.05, 0.1) is 5.70 Å². The van der Waals surface area contributed by atoms with Crippen LogP contribution < -0.4 is 0 Å². The van der Waals surface area contributed by atoms with Crippen LogP contribution in [0.4, 0.5) is 0 Å². The molecule has 56 valence electrons. The molecule has 0 rings (SSSR count). The van der Waals surface area contributed by atoms with Crippen LogP contribution >= 0.6 is 0 Å². The summed E-state index contributed by atoms with van der Waals surface area (Å²) >= 11 is 0. The fourth-order valence-corrected chi connectivity index (χ4v) is 0.390. The highest BCUT2D eigenvalue weighted by Gasteiger charge is 2.01. The van der Waals surface area contributed by atoms with Gasteiger partial charge in [0.25, 0.3) is 10.1 Å². The maximum absolute atomic E-state index is 10.6. The molecular formula is C5H12O3S. The van der Waals surface area contributed by atoms with Crippen molar-refractivity contribution in [3.05, 3.63) is 0 Å². The second-order valence-corrected chi connectivity index (χ2v) is 2.39. The lowest BCUT2D eigenvalue weighted by Gasteiger charge is -1.92. The summed E-state index contributed by atoms with van der Waals surface area (Å²) < 4.78 is 72.4. The standard InChI is InChI=1S/C5H12O3S/c1-2-3-4-5-9(6,7)8/h2-5H2,1H3,(H,6,7,8)/i3D2,4D2,5D2. The third-order valence-corrected chi connectivity index (χ3v) is 0.805. The molecule has 0 amide bonds. The van der Waals surface area contributed by atoms with Gasteiger partial charge in [-0.15, -0.1) is 0 Å². The lowest BCUT2D eigenvalue weighted by molar-refractivity contribution is 0.480. The molecule has 0 radical (unpaired) electrons. The average Bonchev–Trinajstić information content (AvgIpc) is 2.01. The normalized spacial score (nSPS) is 26.4. The average molecular weight is 158 g/mol. The van der Waals surface area contributed by atoms with Crippen LogP contribution in [0.3, 0.4) is 0 Å². The van der Waals surface area contributed by atoms with Crippen LogP contribution in [0.25, 0.3) is 0 Å². The first-order chi connectivity index (χ1) is 6.31. The van der Waals surface area contributed by atoms with Gasteiger partial charge in [0.1, 0.15) is 0 Å². The summed E-state index contributed by atoms with van der Waals surface area (Å²) in [6.45, 7) is 1.25. The van der Waals surface area contributed by atoms with E-state index in [9.17, 15) is 8.42 Å². The van der Waals surface area contributed by atoms with Crippen LogP contribution in [0.15, 0.2) is 0 Å². The summed E-state index contributed by atoms with van der Waals surface area (Å²) in [5, 5.41) is 0. The predicted octanol–water partition coefficient (Wildman–Crippen LogP) is 1.06. The largest absolute Gasteiger partial charge is 0.286 e. The highest BCUT2D eigenvalue weighted by Crippen LogP contribution is 1.96. The molecule has 9 heavy (non-hydrogen) atoms. The van der Waals surface area contributed by atoms with E-state index in [-0.39, 0.29) is 0 Å². The van der Waals surface area contributed by atoms with Gasteiger partial charge in [-0.2, -0.15) is 8.42 Å². The van der Waals surface area contributed by atoms with Crippen LogP contribution in [0.5, 0.6) is 0 Å². The maximum Gasteiger partial charge on any atom is 0.264 e. The Morgan fingerprint density at radius 2 is 2.11 bits per heavy atom. The first-order valence-corrected chi connectivity index (χ1v) is 3.72. The molecule has 0 aromatic carbocycles. The van der Waals surface area contributed by atoms with Crippen molar-refractivity contribution < 1.29 is 21.2 Å². The van der Waals surface area contributed by atoms with E-state index in [0.29, 0.717) is 0 Å². The van der Waals surface area contributed by atoms with Crippen molar-refractivity contribution in [2.75, 3.05) is 5.70 Å². The molecule has 0 bridgehead atoms. The van der Waals surface area contributed by atoms with Gasteiger partial charge in [-0.3, -0.25) is 4.55 Å². The minimum atomic E-state index is -5.33. The van der Waals surface area contributed by atoms with Crippen LogP contribution in [0, 0.1) is 0 Å². The Kier molecular flexibility index (Phi) is 1.23. The van der Waals surface area contributed by atoms with Gasteiger partial charge < -0.3 is 0 Å². The molecule has 0 aliphatic carbocycles. The third-order valence-electron chi connectivity index (χ3n) is 0.445. The van der Waals surface area contributed by atoms with E-state index in [1.165, 1.54) is 6.92 Å². The van der Waals surface area contributed by atoms with E-state index >= 15 is 0 Å². The van der Waals surface area contributed by atoms with Gasteiger partial charge in [0, 0.05) is 8.22 Å². The fourth-order valence-electron chi connectivity index (χ4n) is 0.189. The Bertz CT molecular complexity index is 335. The molecule has 0 aromatic heterocycles. The molecule has 0 saturated heterocycles. The molecule has 0 heterocycles. The molecule has 3 nitrogen and oxygen atoms in total. The minimum absolute atomic E-state index is 0.422. The lowest BCUT2D eigenvalue weighted by atomic mass is 10.3. The maximum atomic E-state index is 10.6. The zero-order chi connectivity index (χ0) is 12.7. The summed E-state index contributed by atoms with van der Waals surface area (Å²) in [6, 6.07) is 0. The minimum Gasteiger partial charge on any atom is -0.286 e. The Labute approximate surface area is 64.3 Å². The van der Waals surface area contributed by atoms with E-state index in [1.54, 1.807) is 0 Å². The van der Waals surface area contributed by atoms with Gasteiger partial charge >= 0.3 is 0 Å². The number of hydrogen-bond acceptors (Lipinski definition) is 2. The van der Waals surface area contributed by atoms with Crippen LogP contribution in [-0.4, -0.2) is 18.7 Å². The fraction of sp³-hybridized carbons (Fsp3) is 1.00. The topological polar surface area (TPSA) is 54.4 Å². The van der Waals surface area contributed by atoms with Gasteiger partial charge in [0.2, 0.25) is 0 Å². The molecule has 0 saturated carbocycles. The van der Waals surface area contributed by atoms with Crippen molar-refractivity contribution in [2.45, 2.75) is 26.1 Å². The zero-order valence-electron chi connectivity index (χ0n) is 10.9. The molecule has 0 aromatic rings. The number of hydrogen-bond donors (Lipinski definition) is 1. The van der Waals surface area contributed by atoms with Crippen LogP contribution in [-0.2, 0) is 10.1 Å². The van der Waals surface area contributed by atoms with E-state index in [0.717, 1.165) is 0 Å². The molecule has 0 atom stereocenters. The van der Waals surface area contributed by atoms with Gasteiger partial charge in [-0.05, 0) is 6.37 Å². The van der Waals surface area contributed by atoms with Gasteiger partial charge in [-0.25, -0.2) is 0 Å². The molecule has 0 unspecified atom stereocenters. The second-order valence-electron chi connectivity index (χ2n) is 1.23. The predicted molar refractivity (Wildman–Crippen MR) is 35.9 cm³/mol. The molecule has 0 aliphatic rings. The SMILES string of the molecule is [2H]C([2H])(CC)C([2H])([2H])C([2H])([2H])S(=O)(=O)O. The summed E-state index contributed by atoms with van der Waals surface area (Å²) in [5.74, 6) is 0. The van der Waals surface area contributed by atoms with Gasteiger partial charge in [0.15, 0.2) is 0 Å². The second kappa shape index (κ2) is 3.85. The number of rotatable bonds is 4. The molecule has 0 aliphatic heterocycles. The monoisotopic (exact) mass is 158 g/mol. The van der Waals surface area contributed by atoms with Gasteiger partial charge in [-0.1, -0.05) is 19.7 Å². The highest BCUT2D eigenvalue weighted by molar-refractivity contribution is 7.85. The van der Waals surface area contributed by atoms with Crippen molar-refractivity contribution in [1.82, 2.24) is 0 Å². The van der Waals surface area contributed by atoms with Crippen molar-refractivity contribution in [3.8, 4) is 0 Å². The van der Waals surface area contributed by atoms with Crippen LogP contribution in [0.2, 0.25) is 0 Å². The van der Waals surface area contributed by atoms with Crippen LogP contribution in [0.1, 0.15) is 34.3 Å². The van der Waals surface area contributed by atoms with E-state index < -0.39 is 35.0 Å². The summed E-state index contributed by atoms with van der Waals surface area (Å²) in [7, 11) is -5.33. The molecular weight excluding hydrogens is 140 g/mol. The lowest BCUT2D eigenvalue weighted by Crippen LogP contribution is -2.02. The summed E-state index contributed by atoms with van der Waals surface area (Å²) in [4.78, 5) is 0. The Hall–Kier alpha value is -0.0900. The van der Waals surface area contributed by atoms with E-state index in [2.05, 4.69) is 0 Å².